The van der Waals surface area contributed by atoms with E-state index in [1.165, 1.54) is 13.2 Å². The Hall–Kier alpha value is -3.20. The van der Waals surface area contributed by atoms with Crippen molar-refractivity contribution in [3.8, 4) is 17.0 Å². The van der Waals surface area contributed by atoms with Crippen LogP contribution in [0.2, 0.25) is 0 Å². The van der Waals surface area contributed by atoms with Gasteiger partial charge in [0, 0.05) is 43.4 Å². The van der Waals surface area contributed by atoms with Gasteiger partial charge in [0.1, 0.15) is 23.1 Å². The van der Waals surface area contributed by atoms with Crippen LogP contribution < -0.4 is 15.0 Å². The van der Waals surface area contributed by atoms with Crippen molar-refractivity contribution in [2.75, 3.05) is 30.4 Å². The van der Waals surface area contributed by atoms with Gasteiger partial charge >= 0.3 is 0 Å². The smallest absolute Gasteiger partial charge is 0.230 e. The molecule has 28 heavy (non-hydrogen) atoms. The molecule has 1 N–H and O–H groups in total. The van der Waals surface area contributed by atoms with Gasteiger partial charge in [-0.1, -0.05) is 5.16 Å². The van der Waals surface area contributed by atoms with Crippen LogP contribution in [0.3, 0.4) is 0 Å². The number of anilines is 3. The number of hydrogen-bond donors (Lipinski definition) is 1. The average Bonchev–Trinajstić information content (AvgIpc) is 3.15. The predicted octanol–water partition coefficient (Wildman–Crippen LogP) is 3.00. The summed E-state index contributed by atoms with van der Waals surface area (Å²) in [5, 5.41) is 6.99. The molecule has 2 bridgehead atoms. The van der Waals surface area contributed by atoms with E-state index in [0.717, 1.165) is 19.5 Å². The van der Waals surface area contributed by atoms with Gasteiger partial charge in [-0.15, -0.1) is 0 Å². The molecule has 3 aromatic rings. The van der Waals surface area contributed by atoms with E-state index in [-0.39, 0.29) is 12.2 Å². The summed E-state index contributed by atoms with van der Waals surface area (Å²) in [6.45, 7) is 1.59. The summed E-state index contributed by atoms with van der Waals surface area (Å²) in [6.07, 6.45) is 3.34. The summed E-state index contributed by atoms with van der Waals surface area (Å²) in [4.78, 5) is 11.0. The van der Waals surface area contributed by atoms with Gasteiger partial charge in [0.15, 0.2) is 0 Å². The number of morpholine rings is 1. The number of nitrogens with zero attached hydrogens (tertiary/aromatic N) is 4. The van der Waals surface area contributed by atoms with Crippen molar-refractivity contribution in [1.82, 2.24) is 15.1 Å². The highest BCUT2D eigenvalue weighted by molar-refractivity contribution is 5.65. The SMILES string of the molecule is COc1ccc(-c2cc(Nc3ccnc(N4CC5CC(C4)O5)n3)on2)c(F)c1. The molecule has 0 spiro atoms. The molecule has 2 atom stereocenters. The number of aromatic nitrogens is 3. The molecular weight excluding hydrogens is 365 g/mol. The van der Waals surface area contributed by atoms with Crippen molar-refractivity contribution < 1.29 is 18.4 Å². The first-order chi connectivity index (χ1) is 13.7. The van der Waals surface area contributed by atoms with Gasteiger partial charge in [-0.2, -0.15) is 4.98 Å². The second kappa shape index (κ2) is 6.75. The van der Waals surface area contributed by atoms with Gasteiger partial charge in [-0.25, -0.2) is 9.37 Å². The zero-order valence-corrected chi connectivity index (χ0v) is 15.1. The first-order valence-corrected chi connectivity index (χ1v) is 8.99. The summed E-state index contributed by atoms with van der Waals surface area (Å²) in [6, 6.07) is 7.93. The highest BCUT2D eigenvalue weighted by Gasteiger charge is 2.39. The lowest BCUT2D eigenvalue weighted by molar-refractivity contribution is -0.133. The molecule has 2 unspecified atom stereocenters. The van der Waals surface area contributed by atoms with E-state index in [4.69, 9.17) is 14.0 Å². The van der Waals surface area contributed by atoms with Crippen LogP contribution in [0.1, 0.15) is 6.42 Å². The lowest BCUT2D eigenvalue weighted by Crippen LogP contribution is -2.57. The molecule has 9 heteroatoms. The zero-order valence-electron chi connectivity index (χ0n) is 15.1. The number of fused-ring (bicyclic) bond motifs is 2. The Morgan fingerprint density at radius 2 is 2.04 bits per heavy atom. The summed E-state index contributed by atoms with van der Waals surface area (Å²) in [5.74, 6) is 1.58. The number of hydrogen-bond acceptors (Lipinski definition) is 8. The fourth-order valence-electron chi connectivity index (χ4n) is 3.51. The summed E-state index contributed by atoms with van der Waals surface area (Å²) >= 11 is 0. The topological polar surface area (TPSA) is 85.5 Å². The van der Waals surface area contributed by atoms with Gasteiger partial charge in [-0.05, 0) is 18.2 Å². The number of piperidine rings is 1. The Morgan fingerprint density at radius 1 is 1.21 bits per heavy atom. The van der Waals surface area contributed by atoms with Crippen LogP contribution in [-0.4, -0.2) is 47.5 Å². The van der Waals surface area contributed by atoms with E-state index in [2.05, 4.69) is 25.3 Å². The van der Waals surface area contributed by atoms with Gasteiger partial charge in [0.2, 0.25) is 11.8 Å². The normalized spacial score (nSPS) is 20.6. The minimum atomic E-state index is -0.436. The zero-order chi connectivity index (χ0) is 19.1. The molecule has 6 rings (SSSR count). The number of benzene rings is 1. The number of halogens is 1. The molecule has 3 saturated heterocycles. The predicted molar refractivity (Wildman–Crippen MR) is 99.3 cm³/mol. The molecule has 0 aliphatic carbocycles. The van der Waals surface area contributed by atoms with Crippen molar-refractivity contribution in [3.63, 3.8) is 0 Å². The number of ether oxygens (including phenoxy) is 2. The number of nitrogens with one attached hydrogen (secondary N) is 1. The third kappa shape index (κ3) is 3.13. The molecular formula is C19H18FN5O3. The van der Waals surface area contributed by atoms with Crippen LogP contribution in [0.25, 0.3) is 11.3 Å². The van der Waals surface area contributed by atoms with Crippen molar-refractivity contribution in [3.05, 3.63) is 42.3 Å². The maximum absolute atomic E-state index is 14.2. The van der Waals surface area contributed by atoms with E-state index >= 15 is 0 Å². The third-order valence-electron chi connectivity index (χ3n) is 4.90. The van der Waals surface area contributed by atoms with E-state index < -0.39 is 5.82 Å². The summed E-state index contributed by atoms with van der Waals surface area (Å²) < 4.78 is 30.2. The van der Waals surface area contributed by atoms with Gasteiger partial charge < -0.3 is 24.2 Å². The molecule has 1 aromatic carbocycles. The summed E-state index contributed by atoms with van der Waals surface area (Å²) in [7, 11) is 1.49. The Kier molecular flexibility index (Phi) is 4.09. The summed E-state index contributed by atoms with van der Waals surface area (Å²) in [5.41, 5.74) is 0.707. The van der Waals surface area contributed by atoms with Crippen LogP contribution in [0, 0.1) is 5.82 Å². The van der Waals surface area contributed by atoms with Crippen molar-refractivity contribution >= 4 is 17.7 Å². The van der Waals surface area contributed by atoms with Crippen LogP contribution >= 0.6 is 0 Å². The lowest BCUT2D eigenvalue weighted by Gasteiger charge is -2.46. The van der Waals surface area contributed by atoms with E-state index in [1.807, 2.05) is 0 Å². The highest BCUT2D eigenvalue weighted by atomic mass is 19.1. The van der Waals surface area contributed by atoms with Crippen molar-refractivity contribution in [2.24, 2.45) is 0 Å². The molecule has 2 aromatic heterocycles. The average molecular weight is 383 g/mol. The molecule has 3 aliphatic rings. The Labute approximate surface area is 160 Å². The first kappa shape index (κ1) is 16.9. The molecule has 8 nitrogen and oxygen atoms in total. The molecule has 3 fully saturated rings. The second-order valence-corrected chi connectivity index (χ2v) is 6.81. The molecule has 144 valence electrons. The first-order valence-electron chi connectivity index (χ1n) is 8.99. The molecule has 0 saturated carbocycles. The van der Waals surface area contributed by atoms with Gasteiger partial charge in [-0.3, -0.25) is 0 Å². The van der Waals surface area contributed by atoms with E-state index in [0.29, 0.717) is 34.7 Å². The Morgan fingerprint density at radius 3 is 2.79 bits per heavy atom. The monoisotopic (exact) mass is 383 g/mol. The fourth-order valence-corrected chi connectivity index (χ4v) is 3.51. The van der Waals surface area contributed by atoms with Crippen LogP contribution in [0.5, 0.6) is 5.75 Å². The van der Waals surface area contributed by atoms with Crippen LogP contribution in [-0.2, 0) is 4.74 Å². The maximum Gasteiger partial charge on any atom is 0.230 e. The second-order valence-electron chi connectivity index (χ2n) is 6.81. The number of rotatable bonds is 5. The Balaban J connectivity index is 1.33. The lowest BCUT2D eigenvalue weighted by atomic mass is 9.99. The molecule has 0 radical (unpaired) electrons. The largest absolute Gasteiger partial charge is 0.497 e. The maximum atomic E-state index is 14.2. The van der Waals surface area contributed by atoms with Crippen LogP contribution in [0.4, 0.5) is 22.0 Å². The molecule has 0 amide bonds. The minimum absolute atomic E-state index is 0.273. The van der Waals surface area contributed by atoms with Gasteiger partial charge in [0.25, 0.3) is 0 Å². The Bertz CT molecular complexity index is 995. The van der Waals surface area contributed by atoms with Gasteiger partial charge in [0.05, 0.1) is 19.3 Å². The van der Waals surface area contributed by atoms with Crippen molar-refractivity contribution in [2.45, 2.75) is 18.6 Å². The third-order valence-corrected chi connectivity index (χ3v) is 4.90. The molecule has 5 heterocycles. The number of methoxy groups -OCH3 is 1. The van der Waals surface area contributed by atoms with Crippen molar-refractivity contribution in [1.29, 1.82) is 0 Å². The van der Waals surface area contributed by atoms with E-state index in [1.54, 1.807) is 30.5 Å². The quantitative estimate of drug-likeness (QED) is 0.720. The molecule has 3 aliphatic heterocycles. The van der Waals surface area contributed by atoms with E-state index in [9.17, 15) is 4.39 Å². The highest BCUT2D eigenvalue weighted by Crippen LogP contribution is 2.31. The minimum Gasteiger partial charge on any atom is -0.497 e. The van der Waals surface area contributed by atoms with Crippen LogP contribution in [0.15, 0.2) is 41.1 Å². The standard InChI is InChI=1S/C19H18FN5O3/c1-26-11-2-3-14(15(20)7-11)16-8-18(28-24-16)22-17-4-5-21-19(23-17)25-9-12-6-13(10-25)27-12/h2-5,7-8,12-13H,6,9-10H2,1H3,(H,21,22,23). The fraction of sp³-hybridized carbons (Fsp3) is 0.316.